The van der Waals surface area contributed by atoms with Gasteiger partial charge in [-0.3, -0.25) is 9.69 Å². The molecule has 0 aliphatic carbocycles. The van der Waals surface area contributed by atoms with Gasteiger partial charge in [0.2, 0.25) is 17.6 Å². The Kier molecular flexibility index (Phi) is 5.45. The molecule has 3 rings (SSSR count). The second-order valence-corrected chi connectivity index (χ2v) is 6.50. The number of piperazine rings is 1. The minimum atomic E-state index is -0.117. The third-order valence-electron chi connectivity index (χ3n) is 4.78. The second kappa shape index (κ2) is 7.76. The van der Waals surface area contributed by atoms with Crippen molar-refractivity contribution in [2.24, 2.45) is 11.7 Å². The summed E-state index contributed by atoms with van der Waals surface area (Å²) in [5, 5.41) is 4.09. The zero-order valence-corrected chi connectivity index (χ0v) is 14.8. The molecule has 0 spiro atoms. The predicted molar refractivity (Wildman–Crippen MR) is 94.5 cm³/mol. The Morgan fingerprint density at radius 3 is 2.52 bits per heavy atom. The molecule has 1 amide bonds. The van der Waals surface area contributed by atoms with Crippen LogP contribution in [0, 0.1) is 5.92 Å². The average molecular weight is 343 g/mol. The van der Waals surface area contributed by atoms with Crippen molar-refractivity contribution in [2.45, 2.75) is 19.9 Å². The van der Waals surface area contributed by atoms with Crippen LogP contribution in [0.3, 0.4) is 0 Å². The quantitative estimate of drug-likeness (QED) is 0.886. The van der Waals surface area contributed by atoms with Gasteiger partial charge >= 0.3 is 0 Å². The van der Waals surface area contributed by atoms with Crippen LogP contribution in [0.5, 0.6) is 0 Å². The summed E-state index contributed by atoms with van der Waals surface area (Å²) >= 11 is 0. The van der Waals surface area contributed by atoms with Crippen molar-refractivity contribution in [3.8, 4) is 11.4 Å². The van der Waals surface area contributed by atoms with Crippen molar-refractivity contribution >= 4 is 5.91 Å². The van der Waals surface area contributed by atoms with Gasteiger partial charge < -0.3 is 15.2 Å². The van der Waals surface area contributed by atoms with E-state index in [0.717, 1.165) is 18.7 Å². The van der Waals surface area contributed by atoms with E-state index in [1.807, 2.05) is 42.2 Å². The number of hydrogen-bond acceptors (Lipinski definition) is 6. The van der Waals surface area contributed by atoms with Crippen molar-refractivity contribution in [3.05, 3.63) is 36.2 Å². The summed E-state index contributed by atoms with van der Waals surface area (Å²) < 4.78 is 5.46. The minimum Gasteiger partial charge on any atom is -0.340 e. The van der Waals surface area contributed by atoms with Gasteiger partial charge in [0.05, 0.1) is 6.04 Å². The highest BCUT2D eigenvalue weighted by Crippen LogP contribution is 2.23. The lowest BCUT2D eigenvalue weighted by Gasteiger charge is -2.37. The van der Waals surface area contributed by atoms with E-state index in [4.69, 9.17) is 10.3 Å². The average Bonchev–Trinajstić information content (AvgIpc) is 3.17. The second-order valence-electron chi connectivity index (χ2n) is 6.50. The van der Waals surface area contributed by atoms with E-state index in [2.05, 4.69) is 22.0 Å². The fourth-order valence-electron chi connectivity index (χ4n) is 3.01. The van der Waals surface area contributed by atoms with Crippen LogP contribution >= 0.6 is 0 Å². The molecule has 1 aliphatic heterocycles. The maximum Gasteiger partial charge on any atom is 0.244 e. The molecule has 2 atom stereocenters. The number of aromatic nitrogens is 2. The largest absolute Gasteiger partial charge is 0.340 e. The Bertz CT molecular complexity index is 695. The highest BCUT2D eigenvalue weighted by Gasteiger charge is 2.29. The van der Waals surface area contributed by atoms with Crippen LogP contribution in [0.15, 0.2) is 34.9 Å². The van der Waals surface area contributed by atoms with Crippen LogP contribution in [0.25, 0.3) is 11.4 Å². The lowest BCUT2D eigenvalue weighted by molar-refractivity contribution is -0.136. The first-order valence-electron chi connectivity index (χ1n) is 8.72. The van der Waals surface area contributed by atoms with Crippen molar-refractivity contribution in [1.29, 1.82) is 0 Å². The predicted octanol–water partition coefficient (Wildman–Crippen LogP) is 1.54. The molecule has 0 bridgehead atoms. The Labute approximate surface area is 147 Å². The molecular formula is C18H25N5O2. The van der Waals surface area contributed by atoms with Gasteiger partial charge in [0.25, 0.3) is 0 Å². The zero-order chi connectivity index (χ0) is 17.8. The lowest BCUT2D eigenvalue weighted by Crippen LogP contribution is -2.51. The monoisotopic (exact) mass is 343 g/mol. The molecule has 2 heterocycles. The van der Waals surface area contributed by atoms with Gasteiger partial charge in [0.15, 0.2) is 0 Å². The van der Waals surface area contributed by atoms with Crippen LogP contribution in [0.2, 0.25) is 0 Å². The van der Waals surface area contributed by atoms with Crippen molar-refractivity contribution in [3.63, 3.8) is 0 Å². The van der Waals surface area contributed by atoms with E-state index in [1.165, 1.54) is 0 Å². The van der Waals surface area contributed by atoms with Crippen LogP contribution in [0.4, 0.5) is 0 Å². The number of hydrogen-bond donors (Lipinski definition) is 1. The van der Waals surface area contributed by atoms with Crippen molar-refractivity contribution in [1.82, 2.24) is 19.9 Å². The van der Waals surface area contributed by atoms with Gasteiger partial charge in [-0.25, -0.2) is 0 Å². The molecule has 0 radical (unpaired) electrons. The SMILES string of the molecule is CC(CN)C(=O)N1CCN(C(C)c2nc(-c3ccccc3)no2)CC1. The zero-order valence-electron chi connectivity index (χ0n) is 14.8. The number of nitrogens with zero attached hydrogens (tertiary/aromatic N) is 4. The topological polar surface area (TPSA) is 88.5 Å². The molecule has 1 aromatic heterocycles. The molecule has 2 unspecified atom stereocenters. The van der Waals surface area contributed by atoms with Gasteiger partial charge in [-0.15, -0.1) is 0 Å². The number of carbonyl (C=O) groups is 1. The van der Waals surface area contributed by atoms with Gasteiger partial charge in [-0.05, 0) is 6.92 Å². The highest BCUT2D eigenvalue weighted by atomic mass is 16.5. The minimum absolute atomic E-state index is 0.0224. The van der Waals surface area contributed by atoms with Crippen molar-refractivity contribution in [2.75, 3.05) is 32.7 Å². The standard InChI is InChI=1S/C18H25N5O2/c1-13(12-19)18(24)23-10-8-22(9-11-23)14(2)17-20-16(21-25-17)15-6-4-3-5-7-15/h3-7,13-14H,8-12,19H2,1-2H3. The molecule has 2 N–H and O–H groups in total. The molecule has 7 heteroatoms. The molecule has 1 fully saturated rings. The number of nitrogens with two attached hydrogens (primary N) is 1. The Balaban J connectivity index is 1.61. The van der Waals surface area contributed by atoms with E-state index in [-0.39, 0.29) is 17.9 Å². The molecule has 2 aromatic rings. The van der Waals surface area contributed by atoms with E-state index >= 15 is 0 Å². The normalized spacial score (nSPS) is 18.1. The molecular weight excluding hydrogens is 318 g/mol. The highest BCUT2D eigenvalue weighted by molar-refractivity contribution is 5.78. The molecule has 25 heavy (non-hydrogen) atoms. The molecule has 1 aromatic carbocycles. The summed E-state index contributed by atoms with van der Waals surface area (Å²) in [5.41, 5.74) is 6.54. The fourth-order valence-corrected chi connectivity index (χ4v) is 3.01. The third kappa shape index (κ3) is 3.88. The lowest BCUT2D eigenvalue weighted by atomic mass is 10.1. The summed E-state index contributed by atoms with van der Waals surface area (Å²) in [5.74, 6) is 1.23. The first-order valence-corrected chi connectivity index (χ1v) is 8.72. The summed E-state index contributed by atoms with van der Waals surface area (Å²) in [7, 11) is 0. The summed E-state index contributed by atoms with van der Waals surface area (Å²) in [6.07, 6.45) is 0. The van der Waals surface area contributed by atoms with Crippen molar-refractivity contribution < 1.29 is 9.32 Å². The molecule has 7 nitrogen and oxygen atoms in total. The van der Waals surface area contributed by atoms with E-state index in [1.54, 1.807) is 0 Å². The van der Waals surface area contributed by atoms with Gasteiger partial charge in [0.1, 0.15) is 0 Å². The summed E-state index contributed by atoms with van der Waals surface area (Å²) in [6, 6.07) is 9.80. The molecule has 0 saturated carbocycles. The van der Waals surface area contributed by atoms with Gasteiger partial charge in [-0.2, -0.15) is 4.98 Å². The van der Waals surface area contributed by atoms with Crippen LogP contribution in [-0.2, 0) is 4.79 Å². The van der Waals surface area contributed by atoms with Crippen LogP contribution < -0.4 is 5.73 Å². The van der Waals surface area contributed by atoms with Crippen LogP contribution in [0.1, 0.15) is 25.8 Å². The molecule has 134 valence electrons. The Morgan fingerprint density at radius 2 is 1.88 bits per heavy atom. The summed E-state index contributed by atoms with van der Waals surface area (Å²) in [4.78, 5) is 20.9. The Hall–Kier alpha value is -2.25. The molecule has 1 saturated heterocycles. The number of rotatable bonds is 5. The fraction of sp³-hybridized carbons (Fsp3) is 0.500. The number of amides is 1. The van der Waals surface area contributed by atoms with Gasteiger partial charge in [0, 0.05) is 44.2 Å². The first kappa shape index (κ1) is 17.6. The van der Waals surface area contributed by atoms with Gasteiger partial charge in [-0.1, -0.05) is 42.4 Å². The Morgan fingerprint density at radius 1 is 1.20 bits per heavy atom. The van der Waals surface area contributed by atoms with E-state index < -0.39 is 0 Å². The first-order chi connectivity index (χ1) is 12.1. The van der Waals surface area contributed by atoms with E-state index in [0.29, 0.717) is 31.3 Å². The maximum absolute atomic E-state index is 12.2. The van der Waals surface area contributed by atoms with Crippen LogP contribution in [-0.4, -0.2) is 58.6 Å². The number of carbonyl (C=O) groups excluding carboxylic acids is 1. The molecule has 1 aliphatic rings. The number of benzene rings is 1. The summed E-state index contributed by atoms with van der Waals surface area (Å²) in [6.45, 7) is 7.30. The van der Waals surface area contributed by atoms with E-state index in [9.17, 15) is 4.79 Å². The smallest absolute Gasteiger partial charge is 0.244 e. The maximum atomic E-state index is 12.2. The third-order valence-corrected chi connectivity index (χ3v) is 4.78.